The van der Waals surface area contributed by atoms with E-state index in [4.69, 9.17) is 14.2 Å². The molecule has 1 aliphatic rings. The van der Waals surface area contributed by atoms with E-state index in [1.807, 2.05) is 0 Å². The maximum absolute atomic E-state index is 6.04. The van der Waals surface area contributed by atoms with Crippen LogP contribution in [0.15, 0.2) is 0 Å². The van der Waals surface area contributed by atoms with Gasteiger partial charge in [0.05, 0.1) is 32.0 Å². The standard InChI is InChI=1S/C13H27NO3/c1-3-14-12-13(6-4-5-7-13)17-11-10-16-9-8-15-2/h14H,3-12H2,1-2H3. The van der Waals surface area contributed by atoms with Crippen molar-refractivity contribution >= 4 is 0 Å². The minimum Gasteiger partial charge on any atom is -0.382 e. The Morgan fingerprint density at radius 2 is 1.76 bits per heavy atom. The zero-order valence-electron chi connectivity index (χ0n) is 11.3. The van der Waals surface area contributed by atoms with Crippen LogP contribution in [-0.2, 0) is 14.2 Å². The van der Waals surface area contributed by atoms with Crippen molar-refractivity contribution in [1.29, 1.82) is 0 Å². The molecule has 1 fully saturated rings. The largest absolute Gasteiger partial charge is 0.382 e. The summed E-state index contributed by atoms with van der Waals surface area (Å²) < 4.78 is 16.4. The molecule has 0 heterocycles. The molecule has 1 rings (SSSR count). The first-order valence-corrected chi connectivity index (χ1v) is 6.74. The normalized spacial score (nSPS) is 18.7. The molecule has 0 spiro atoms. The van der Waals surface area contributed by atoms with Crippen LogP contribution in [0.25, 0.3) is 0 Å². The Morgan fingerprint density at radius 1 is 1.06 bits per heavy atom. The molecule has 0 aromatic rings. The Morgan fingerprint density at radius 3 is 2.41 bits per heavy atom. The van der Waals surface area contributed by atoms with E-state index in [9.17, 15) is 0 Å². The molecule has 4 heteroatoms. The van der Waals surface area contributed by atoms with Gasteiger partial charge in [0.25, 0.3) is 0 Å². The highest BCUT2D eigenvalue weighted by Gasteiger charge is 2.34. The summed E-state index contributed by atoms with van der Waals surface area (Å²) in [4.78, 5) is 0. The van der Waals surface area contributed by atoms with Gasteiger partial charge in [-0.15, -0.1) is 0 Å². The van der Waals surface area contributed by atoms with Gasteiger partial charge in [-0.2, -0.15) is 0 Å². The first kappa shape index (κ1) is 14.9. The van der Waals surface area contributed by atoms with E-state index in [2.05, 4.69) is 12.2 Å². The Balaban J connectivity index is 2.12. The molecule has 1 saturated carbocycles. The molecule has 0 radical (unpaired) electrons. The predicted octanol–water partition coefficient (Wildman–Crippen LogP) is 1.59. The van der Waals surface area contributed by atoms with Crippen molar-refractivity contribution in [2.24, 2.45) is 0 Å². The van der Waals surface area contributed by atoms with Crippen LogP contribution < -0.4 is 5.32 Å². The van der Waals surface area contributed by atoms with Gasteiger partial charge in [0.2, 0.25) is 0 Å². The Labute approximate surface area is 105 Å². The summed E-state index contributed by atoms with van der Waals surface area (Å²) in [5.74, 6) is 0. The van der Waals surface area contributed by atoms with Gasteiger partial charge in [0, 0.05) is 13.7 Å². The topological polar surface area (TPSA) is 39.7 Å². The fraction of sp³-hybridized carbons (Fsp3) is 1.00. The van der Waals surface area contributed by atoms with E-state index >= 15 is 0 Å². The zero-order valence-corrected chi connectivity index (χ0v) is 11.3. The lowest BCUT2D eigenvalue weighted by molar-refractivity contribution is -0.0656. The van der Waals surface area contributed by atoms with Gasteiger partial charge in [-0.1, -0.05) is 19.8 Å². The molecule has 1 N–H and O–H groups in total. The summed E-state index contributed by atoms with van der Waals surface area (Å²) in [5, 5.41) is 3.41. The average molecular weight is 245 g/mol. The molecule has 102 valence electrons. The number of likely N-dealkylation sites (N-methyl/N-ethyl adjacent to an activating group) is 1. The van der Waals surface area contributed by atoms with Crippen LogP contribution in [0.4, 0.5) is 0 Å². The Bertz CT molecular complexity index is 182. The van der Waals surface area contributed by atoms with Crippen LogP contribution in [0.5, 0.6) is 0 Å². The fourth-order valence-electron chi connectivity index (χ4n) is 2.31. The van der Waals surface area contributed by atoms with Crippen molar-refractivity contribution in [3.05, 3.63) is 0 Å². The first-order chi connectivity index (χ1) is 8.33. The molecule has 1 aliphatic carbocycles. The predicted molar refractivity (Wildman–Crippen MR) is 68.4 cm³/mol. The SMILES string of the molecule is CCNCC1(OCCOCCOC)CCCC1. The van der Waals surface area contributed by atoms with E-state index in [0.717, 1.165) is 13.1 Å². The van der Waals surface area contributed by atoms with Crippen molar-refractivity contribution in [3.63, 3.8) is 0 Å². The van der Waals surface area contributed by atoms with Crippen LogP contribution in [0.1, 0.15) is 32.6 Å². The molecule has 0 atom stereocenters. The maximum Gasteiger partial charge on any atom is 0.0807 e. The number of ether oxygens (including phenoxy) is 3. The number of rotatable bonds is 10. The molecule has 0 aromatic heterocycles. The third-order valence-corrected chi connectivity index (χ3v) is 3.28. The summed E-state index contributed by atoms with van der Waals surface area (Å²) >= 11 is 0. The van der Waals surface area contributed by atoms with Crippen LogP contribution in [0.2, 0.25) is 0 Å². The highest BCUT2D eigenvalue weighted by atomic mass is 16.5. The molecule has 0 unspecified atom stereocenters. The van der Waals surface area contributed by atoms with Crippen molar-refractivity contribution in [2.75, 3.05) is 46.6 Å². The van der Waals surface area contributed by atoms with E-state index in [1.54, 1.807) is 7.11 Å². The van der Waals surface area contributed by atoms with Crippen LogP contribution in [0.3, 0.4) is 0 Å². The summed E-state index contributed by atoms with van der Waals surface area (Å²) in [6.45, 7) is 6.78. The molecular weight excluding hydrogens is 218 g/mol. The molecule has 0 aromatic carbocycles. The van der Waals surface area contributed by atoms with Crippen molar-refractivity contribution in [2.45, 2.75) is 38.2 Å². The highest BCUT2D eigenvalue weighted by molar-refractivity contribution is 4.88. The fourth-order valence-corrected chi connectivity index (χ4v) is 2.31. The Kier molecular flexibility index (Phi) is 7.77. The second-order valence-corrected chi connectivity index (χ2v) is 4.62. The number of nitrogens with one attached hydrogen (secondary N) is 1. The second kappa shape index (κ2) is 8.86. The molecule has 0 saturated heterocycles. The van der Waals surface area contributed by atoms with Gasteiger partial charge in [-0.05, 0) is 19.4 Å². The molecule has 0 aliphatic heterocycles. The van der Waals surface area contributed by atoms with E-state index in [1.165, 1.54) is 25.7 Å². The van der Waals surface area contributed by atoms with Crippen LogP contribution in [-0.4, -0.2) is 52.2 Å². The maximum atomic E-state index is 6.04. The van der Waals surface area contributed by atoms with Gasteiger partial charge in [0.1, 0.15) is 0 Å². The second-order valence-electron chi connectivity index (χ2n) is 4.62. The van der Waals surface area contributed by atoms with Gasteiger partial charge in [-0.25, -0.2) is 0 Å². The molecular formula is C13H27NO3. The summed E-state index contributed by atoms with van der Waals surface area (Å²) in [5.41, 5.74) is 0.0701. The summed E-state index contributed by atoms with van der Waals surface area (Å²) in [6, 6.07) is 0. The van der Waals surface area contributed by atoms with E-state index < -0.39 is 0 Å². The average Bonchev–Trinajstić information content (AvgIpc) is 2.80. The van der Waals surface area contributed by atoms with Crippen molar-refractivity contribution < 1.29 is 14.2 Å². The van der Waals surface area contributed by atoms with Crippen LogP contribution >= 0.6 is 0 Å². The smallest absolute Gasteiger partial charge is 0.0807 e. The third-order valence-electron chi connectivity index (χ3n) is 3.28. The van der Waals surface area contributed by atoms with E-state index in [0.29, 0.717) is 26.4 Å². The monoisotopic (exact) mass is 245 g/mol. The third kappa shape index (κ3) is 5.82. The zero-order chi connectivity index (χ0) is 12.4. The van der Waals surface area contributed by atoms with Gasteiger partial charge < -0.3 is 19.5 Å². The highest BCUT2D eigenvalue weighted by Crippen LogP contribution is 2.32. The van der Waals surface area contributed by atoms with Gasteiger partial charge in [-0.3, -0.25) is 0 Å². The quantitative estimate of drug-likeness (QED) is 0.593. The number of methoxy groups -OCH3 is 1. The lowest BCUT2D eigenvalue weighted by Gasteiger charge is -2.29. The molecule has 0 bridgehead atoms. The first-order valence-electron chi connectivity index (χ1n) is 6.74. The van der Waals surface area contributed by atoms with Crippen molar-refractivity contribution in [3.8, 4) is 0 Å². The van der Waals surface area contributed by atoms with E-state index in [-0.39, 0.29) is 5.60 Å². The lowest BCUT2D eigenvalue weighted by Crippen LogP contribution is -2.41. The summed E-state index contributed by atoms with van der Waals surface area (Å²) in [6.07, 6.45) is 4.93. The van der Waals surface area contributed by atoms with Gasteiger partial charge in [0.15, 0.2) is 0 Å². The Hall–Kier alpha value is -0.160. The molecule has 4 nitrogen and oxygen atoms in total. The molecule has 17 heavy (non-hydrogen) atoms. The number of hydrogen-bond donors (Lipinski definition) is 1. The van der Waals surface area contributed by atoms with Crippen LogP contribution in [0, 0.1) is 0 Å². The summed E-state index contributed by atoms with van der Waals surface area (Å²) in [7, 11) is 1.68. The molecule has 0 amide bonds. The minimum atomic E-state index is 0.0701. The minimum absolute atomic E-state index is 0.0701. The number of hydrogen-bond acceptors (Lipinski definition) is 4. The van der Waals surface area contributed by atoms with Gasteiger partial charge >= 0.3 is 0 Å². The van der Waals surface area contributed by atoms with Crippen molar-refractivity contribution in [1.82, 2.24) is 5.32 Å². The lowest BCUT2D eigenvalue weighted by atomic mass is 10.0.